The number of halogens is 3. The van der Waals surface area contributed by atoms with E-state index >= 15 is 0 Å². The zero-order chi connectivity index (χ0) is 21.6. The number of ether oxygens (including phenoxy) is 4. The number of carbonyl (C=O) groups is 2. The molecular formula is C20H19F3O6. The molecule has 1 unspecified atom stereocenters. The molecule has 156 valence electrons. The Labute approximate surface area is 165 Å². The first kappa shape index (κ1) is 22.1. The van der Waals surface area contributed by atoms with E-state index in [4.69, 9.17) is 14.2 Å². The Morgan fingerprint density at radius 2 is 1.66 bits per heavy atom. The van der Waals surface area contributed by atoms with Crippen LogP contribution in [0.5, 0.6) is 17.2 Å². The van der Waals surface area contributed by atoms with Gasteiger partial charge in [-0.1, -0.05) is 0 Å². The molecule has 0 aliphatic heterocycles. The lowest BCUT2D eigenvalue weighted by molar-refractivity contribution is -0.150. The summed E-state index contributed by atoms with van der Waals surface area (Å²) in [7, 11) is 1.19. The highest BCUT2D eigenvalue weighted by Crippen LogP contribution is 2.33. The van der Waals surface area contributed by atoms with E-state index in [9.17, 15) is 22.8 Å². The lowest BCUT2D eigenvalue weighted by atomic mass is 10.2. The number of hydrogen-bond donors (Lipinski definition) is 0. The highest BCUT2D eigenvalue weighted by Gasteiger charge is 2.30. The fourth-order valence-corrected chi connectivity index (χ4v) is 2.29. The minimum absolute atomic E-state index is 0.00168. The summed E-state index contributed by atoms with van der Waals surface area (Å²) in [5, 5.41) is 0. The third-order valence-electron chi connectivity index (χ3n) is 3.70. The van der Waals surface area contributed by atoms with E-state index < -0.39 is 29.8 Å². The van der Waals surface area contributed by atoms with Crippen LogP contribution in [0.15, 0.2) is 42.5 Å². The molecule has 2 aromatic carbocycles. The van der Waals surface area contributed by atoms with Crippen LogP contribution >= 0.6 is 0 Å². The smallest absolute Gasteiger partial charge is 0.416 e. The van der Waals surface area contributed by atoms with Crippen molar-refractivity contribution in [2.45, 2.75) is 26.1 Å². The van der Waals surface area contributed by atoms with Gasteiger partial charge in [-0.25, -0.2) is 9.59 Å². The second kappa shape index (κ2) is 9.31. The molecule has 0 spiro atoms. The molecule has 6 nitrogen and oxygen atoms in total. The van der Waals surface area contributed by atoms with Crippen molar-refractivity contribution in [3.05, 3.63) is 53.6 Å². The van der Waals surface area contributed by atoms with Crippen molar-refractivity contribution in [2.24, 2.45) is 0 Å². The van der Waals surface area contributed by atoms with Gasteiger partial charge in [-0.05, 0) is 50.2 Å². The maximum atomic E-state index is 12.7. The Bertz CT molecular complexity index is 862. The van der Waals surface area contributed by atoms with Crippen LogP contribution in [0.1, 0.15) is 29.8 Å². The molecule has 0 radical (unpaired) electrons. The molecule has 0 aromatic heterocycles. The maximum Gasteiger partial charge on any atom is 0.416 e. The maximum absolute atomic E-state index is 12.7. The molecule has 9 heteroatoms. The summed E-state index contributed by atoms with van der Waals surface area (Å²) in [5.74, 6) is -0.993. The Hall–Kier alpha value is -3.23. The number of alkyl halides is 3. The predicted octanol–water partition coefficient (Wildman–Crippen LogP) is 4.61. The molecular weight excluding hydrogens is 393 g/mol. The SMILES string of the molecule is CCOC(=O)C(C)Oc1cc(Oc2ccc(C(F)(F)F)cc2)ccc1C(=O)OC. The molecule has 0 heterocycles. The Balaban J connectivity index is 2.27. The van der Waals surface area contributed by atoms with Crippen LogP contribution in [-0.2, 0) is 20.4 Å². The van der Waals surface area contributed by atoms with E-state index in [0.717, 1.165) is 12.1 Å². The minimum atomic E-state index is -4.45. The van der Waals surface area contributed by atoms with Crippen molar-refractivity contribution < 1.29 is 41.7 Å². The van der Waals surface area contributed by atoms with Gasteiger partial charge in [0.1, 0.15) is 22.8 Å². The van der Waals surface area contributed by atoms with Crippen molar-refractivity contribution in [2.75, 3.05) is 13.7 Å². The molecule has 0 N–H and O–H groups in total. The van der Waals surface area contributed by atoms with Gasteiger partial charge >= 0.3 is 18.1 Å². The minimum Gasteiger partial charge on any atom is -0.478 e. The van der Waals surface area contributed by atoms with Crippen LogP contribution in [-0.4, -0.2) is 31.8 Å². The fraction of sp³-hybridized carbons (Fsp3) is 0.300. The lowest BCUT2D eigenvalue weighted by Crippen LogP contribution is -2.26. The van der Waals surface area contributed by atoms with Gasteiger partial charge in [0.2, 0.25) is 0 Å². The highest BCUT2D eigenvalue weighted by atomic mass is 19.4. The van der Waals surface area contributed by atoms with E-state index in [0.29, 0.717) is 0 Å². The fourth-order valence-electron chi connectivity index (χ4n) is 2.29. The van der Waals surface area contributed by atoms with Crippen LogP contribution < -0.4 is 9.47 Å². The Morgan fingerprint density at radius 1 is 1.03 bits per heavy atom. The van der Waals surface area contributed by atoms with E-state index in [-0.39, 0.29) is 29.4 Å². The third-order valence-corrected chi connectivity index (χ3v) is 3.70. The summed E-state index contributed by atoms with van der Waals surface area (Å²) in [5.41, 5.74) is -0.762. The average Bonchev–Trinajstić information content (AvgIpc) is 2.67. The Kier molecular flexibility index (Phi) is 7.08. The van der Waals surface area contributed by atoms with Gasteiger partial charge in [0.15, 0.2) is 6.10 Å². The summed E-state index contributed by atoms with van der Waals surface area (Å²) in [6.45, 7) is 3.25. The second-order valence-corrected chi connectivity index (χ2v) is 5.79. The summed E-state index contributed by atoms with van der Waals surface area (Å²) in [6, 6.07) is 8.22. The molecule has 2 rings (SSSR count). The largest absolute Gasteiger partial charge is 0.478 e. The molecule has 0 amide bonds. The first-order valence-corrected chi connectivity index (χ1v) is 8.56. The zero-order valence-corrected chi connectivity index (χ0v) is 15.9. The van der Waals surface area contributed by atoms with E-state index in [2.05, 4.69) is 4.74 Å². The van der Waals surface area contributed by atoms with Crippen molar-refractivity contribution in [3.63, 3.8) is 0 Å². The van der Waals surface area contributed by atoms with Crippen LogP contribution in [0.25, 0.3) is 0 Å². The van der Waals surface area contributed by atoms with Gasteiger partial charge in [-0.3, -0.25) is 0 Å². The van der Waals surface area contributed by atoms with Gasteiger partial charge in [-0.15, -0.1) is 0 Å². The predicted molar refractivity (Wildman–Crippen MR) is 96.0 cm³/mol. The summed E-state index contributed by atoms with van der Waals surface area (Å²) >= 11 is 0. The highest BCUT2D eigenvalue weighted by molar-refractivity contribution is 5.93. The monoisotopic (exact) mass is 412 g/mol. The van der Waals surface area contributed by atoms with Crippen molar-refractivity contribution in [3.8, 4) is 17.2 Å². The summed E-state index contributed by atoms with van der Waals surface area (Å²) in [6.07, 6.45) is -5.47. The average molecular weight is 412 g/mol. The normalized spacial score (nSPS) is 12.1. The number of esters is 2. The molecule has 0 fully saturated rings. The van der Waals surface area contributed by atoms with Crippen LogP contribution in [0, 0.1) is 0 Å². The molecule has 0 aliphatic rings. The van der Waals surface area contributed by atoms with Crippen LogP contribution in [0.4, 0.5) is 13.2 Å². The molecule has 0 saturated heterocycles. The number of rotatable bonds is 7. The number of hydrogen-bond acceptors (Lipinski definition) is 6. The van der Waals surface area contributed by atoms with Gasteiger partial charge in [-0.2, -0.15) is 13.2 Å². The quantitative estimate of drug-likeness (QED) is 0.619. The van der Waals surface area contributed by atoms with Crippen molar-refractivity contribution in [1.29, 1.82) is 0 Å². The molecule has 0 saturated carbocycles. The van der Waals surface area contributed by atoms with E-state index in [1.54, 1.807) is 6.92 Å². The molecule has 0 bridgehead atoms. The standard InChI is InChI=1S/C20H19F3O6/c1-4-27-18(24)12(2)28-17-11-15(9-10-16(17)19(25)26-3)29-14-7-5-13(6-8-14)20(21,22)23/h5-12H,4H2,1-3H3. The van der Waals surface area contributed by atoms with Gasteiger partial charge in [0.25, 0.3) is 0 Å². The lowest BCUT2D eigenvalue weighted by Gasteiger charge is -2.17. The molecule has 2 aromatic rings. The summed E-state index contributed by atoms with van der Waals surface area (Å²) < 4.78 is 58.6. The number of carbonyl (C=O) groups excluding carboxylic acids is 2. The van der Waals surface area contributed by atoms with E-state index in [1.165, 1.54) is 44.4 Å². The topological polar surface area (TPSA) is 71.1 Å². The van der Waals surface area contributed by atoms with E-state index in [1.807, 2.05) is 0 Å². The van der Waals surface area contributed by atoms with Crippen molar-refractivity contribution in [1.82, 2.24) is 0 Å². The van der Waals surface area contributed by atoms with Crippen molar-refractivity contribution >= 4 is 11.9 Å². The first-order valence-electron chi connectivity index (χ1n) is 8.56. The zero-order valence-electron chi connectivity index (χ0n) is 15.9. The van der Waals surface area contributed by atoms with Gasteiger partial charge < -0.3 is 18.9 Å². The summed E-state index contributed by atoms with van der Waals surface area (Å²) in [4.78, 5) is 23.7. The van der Waals surface area contributed by atoms with Crippen LogP contribution in [0.2, 0.25) is 0 Å². The first-order chi connectivity index (χ1) is 13.7. The van der Waals surface area contributed by atoms with Crippen LogP contribution in [0.3, 0.4) is 0 Å². The Morgan fingerprint density at radius 3 is 2.21 bits per heavy atom. The second-order valence-electron chi connectivity index (χ2n) is 5.79. The van der Waals surface area contributed by atoms with Gasteiger partial charge in [0, 0.05) is 6.07 Å². The van der Waals surface area contributed by atoms with Gasteiger partial charge in [0.05, 0.1) is 19.3 Å². The molecule has 29 heavy (non-hydrogen) atoms. The molecule has 0 aliphatic carbocycles. The molecule has 1 atom stereocenters. The number of methoxy groups -OCH3 is 1. The third kappa shape index (κ3) is 5.87. The number of benzene rings is 2.